The summed E-state index contributed by atoms with van der Waals surface area (Å²) in [5, 5.41) is 4.34. The molecule has 0 unspecified atom stereocenters. The standard InChI is InChI=1S/C14H14Cl2N2O2/c1-19-13-5-6-17-12(14(13)20-2)8-18-11-4-3-9(15)7-10(11)16/h3-7,18H,8H2,1-2H3. The van der Waals surface area contributed by atoms with Crippen LogP contribution in [0.15, 0.2) is 30.5 Å². The fourth-order valence-corrected chi connectivity index (χ4v) is 2.26. The van der Waals surface area contributed by atoms with E-state index in [0.717, 1.165) is 11.4 Å². The van der Waals surface area contributed by atoms with Gasteiger partial charge >= 0.3 is 0 Å². The lowest BCUT2D eigenvalue weighted by Crippen LogP contribution is -2.05. The van der Waals surface area contributed by atoms with Gasteiger partial charge in [0.05, 0.1) is 31.5 Å². The van der Waals surface area contributed by atoms with Crippen LogP contribution in [0.3, 0.4) is 0 Å². The number of halogens is 2. The number of pyridine rings is 1. The van der Waals surface area contributed by atoms with Crippen LogP contribution in [0.5, 0.6) is 11.5 Å². The van der Waals surface area contributed by atoms with E-state index in [4.69, 9.17) is 32.7 Å². The molecule has 0 spiro atoms. The van der Waals surface area contributed by atoms with Crippen LogP contribution in [-0.4, -0.2) is 19.2 Å². The number of anilines is 1. The van der Waals surface area contributed by atoms with Crippen molar-refractivity contribution in [3.05, 3.63) is 46.2 Å². The average Bonchev–Trinajstić information content (AvgIpc) is 2.45. The molecule has 6 heteroatoms. The molecule has 2 rings (SSSR count). The van der Waals surface area contributed by atoms with Gasteiger partial charge in [-0.15, -0.1) is 0 Å². The zero-order chi connectivity index (χ0) is 14.5. The molecule has 20 heavy (non-hydrogen) atoms. The maximum atomic E-state index is 6.10. The van der Waals surface area contributed by atoms with Crippen LogP contribution in [0, 0.1) is 0 Å². The van der Waals surface area contributed by atoms with Crippen molar-refractivity contribution < 1.29 is 9.47 Å². The van der Waals surface area contributed by atoms with Crippen molar-refractivity contribution in [2.24, 2.45) is 0 Å². The fourth-order valence-electron chi connectivity index (χ4n) is 1.79. The molecule has 0 bridgehead atoms. The first kappa shape index (κ1) is 14.8. The van der Waals surface area contributed by atoms with Crippen molar-refractivity contribution in [1.82, 2.24) is 4.98 Å². The molecule has 0 aliphatic heterocycles. The van der Waals surface area contributed by atoms with Crippen molar-refractivity contribution in [2.45, 2.75) is 6.54 Å². The third-order valence-electron chi connectivity index (χ3n) is 2.74. The van der Waals surface area contributed by atoms with Crippen molar-refractivity contribution >= 4 is 28.9 Å². The Balaban J connectivity index is 2.18. The van der Waals surface area contributed by atoms with Crippen LogP contribution in [0.4, 0.5) is 5.69 Å². The van der Waals surface area contributed by atoms with Gasteiger partial charge in [-0.1, -0.05) is 23.2 Å². The van der Waals surface area contributed by atoms with E-state index in [2.05, 4.69) is 10.3 Å². The van der Waals surface area contributed by atoms with Crippen LogP contribution in [0.2, 0.25) is 10.0 Å². The SMILES string of the molecule is COc1ccnc(CNc2ccc(Cl)cc2Cl)c1OC. The number of hydrogen-bond donors (Lipinski definition) is 1. The summed E-state index contributed by atoms with van der Waals surface area (Å²) in [5.74, 6) is 1.24. The van der Waals surface area contributed by atoms with Gasteiger partial charge in [0.1, 0.15) is 5.69 Å². The molecule has 0 radical (unpaired) electrons. The third-order valence-corrected chi connectivity index (χ3v) is 3.29. The van der Waals surface area contributed by atoms with Gasteiger partial charge in [-0.3, -0.25) is 4.98 Å². The Morgan fingerprint density at radius 1 is 1.15 bits per heavy atom. The zero-order valence-corrected chi connectivity index (χ0v) is 12.6. The number of ether oxygens (including phenoxy) is 2. The molecule has 1 aromatic carbocycles. The van der Waals surface area contributed by atoms with Gasteiger partial charge in [-0.2, -0.15) is 0 Å². The molecule has 0 saturated heterocycles. The lowest BCUT2D eigenvalue weighted by molar-refractivity contribution is 0.350. The molecule has 1 N–H and O–H groups in total. The first-order chi connectivity index (χ1) is 9.65. The maximum absolute atomic E-state index is 6.10. The number of nitrogens with one attached hydrogen (secondary N) is 1. The number of methoxy groups -OCH3 is 2. The highest BCUT2D eigenvalue weighted by atomic mass is 35.5. The number of rotatable bonds is 5. The van der Waals surface area contributed by atoms with Gasteiger partial charge in [0.25, 0.3) is 0 Å². The monoisotopic (exact) mass is 312 g/mol. The molecule has 1 aromatic heterocycles. The Bertz CT molecular complexity index is 606. The lowest BCUT2D eigenvalue weighted by Gasteiger charge is -2.13. The highest BCUT2D eigenvalue weighted by Gasteiger charge is 2.11. The van der Waals surface area contributed by atoms with Crippen molar-refractivity contribution in [3.8, 4) is 11.5 Å². The van der Waals surface area contributed by atoms with Crippen LogP contribution >= 0.6 is 23.2 Å². The average molecular weight is 313 g/mol. The second-order valence-electron chi connectivity index (χ2n) is 3.97. The van der Waals surface area contributed by atoms with Crippen LogP contribution < -0.4 is 14.8 Å². The molecule has 0 fully saturated rings. The topological polar surface area (TPSA) is 43.4 Å². The molecule has 0 saturated carbocycles. The highest BCUT2D eigenvalue weighted by Crippen LogP contribution is 2.30. The van der Waals surface area contributed by atoms with E-state index in [-0.39, 0.29) is 0 Å². The molecule has 1 heterocycles. The van der Waals surface area contributed by atoms with Gasteiger partial charge in [-0.05, 0) is 18.2 Å². The van der Waals surface area contributed by atoms with Crippen molar-refractivity contribution in [2.75, 3.05) is 19.5 Å². The molecular formula is C14H14Cl2N2O2. The highest BCUT2D eigenvalue weighted by molar-refractivity contribution is 6.36. The minimum absolute atomic E-state index is 0.460. The van der Waals surface area contributed by atoms with Gasteiger partial charge < -0.3 is 14.8 Å². The molecule has 106 valence electrons. The maximum Gasteiger partial charge on any atom is 0.184 e. The van der Waals surface area contributed by atoms with Crippen LogP contribution in [0.25, 0.3) is 0 Å². The quantitative estimate of drug-likeness (QED) is 0.905. The van der Waals surface area contributed by atoms with E-state index in [0.29, 0.717) is 28.1 Å². The van der Waals surface area contributed by atoms with Gasteiger partial charge in [-0.25, -0.2) is 0 Å². The molecular weight excluding hydrogens is 299 g/mol. The second kappa shape index (κ2) is 6.68. The molecule has 2 aromatic rings. The van der Waals surface area contributed by atoms with Crippen molar-refractivity contribution in [1.29, 1.82) is 0 Å². The predicted octanol–water partition coefficient (Wildman–Crippen LogP) is 4.02. The smallest absolute Gasteiger partial charge is 0.184 e. The number of aromatic nitrogens is 1. The fraction of sp³-hybridized carbons (Fsp3) is 0.214. The summed E-state index contributed by atoms with van der Waals surface area (Å²) in [6.45, 7) is 0.460. The predicted molar refractivity (Wildman–Crippen MR) is 81.1 cm³/mol. The number of benzene rings is 1. The minimum Gasteiger partial charge on any atom is -0.493 e. The zero-order valence-electron chi connectivity index (χ0n) is 11.1. The molecule has 0 atom stereocenters. The van der Waals surface area contributed by atoms with Crippen LogP contribution in [-0.2, 0) is 6.54 Å². The molecule has 0 aliphatic rings. The lowest BCUT2D eigenvalue weighted by atomic mass is 10.2. The van der Waals surface area contributed by atoms with Crippen LogP contribution in [0.1, 0.15) is 5.69 Å². The summed E-state index contributed by atoms with van der Waals surface area (Å²) < 4.78 is 10.6. The first-order valence-corrected chi connectivity index (χ1v) is 6.66. The van der Waals surface area contributed by atoms with E-state index in [9.17, 15) is 0 Å². The summed E-state index contributed by atoms with van der Waals surface area (Å²) in [6.07, 6.45) is 1.67. The normalized spacial score (nSPS) is 10.2. The van der Waals surface area contributed by atoms with Gasteiger partial charge in [0.15, 0.2) is 11.5 Å². The van der Waals surface area contributed by atoms with E-state index in [1.54, 1.807) is 38.6 Å². The van der Waals surface area contributed by atoms with Gasteiger partial charge in [0.2, 0.25) is 0 Å². The summed E-state index contributed by atoms with van der Waals surface area (Å²) in [4.78, 5) is 4.28. The Labute approximate surface area is 127 Å². The third kappa shape index (κ3) is 3.26. The number of hydrogen-bond acceptors (Lipinski definition) is 4. The molecule has 4 nitrogen and oxygen atoms in total. The van der Waals surface area contributed by atoms with E-state index in [1.807, 2.05) is 6.07 Å². The van der Waals surface area contributed by atoms with E-state index in [1.165, 1.54) is 0 Å². The molecule has 0 aliphatic carbocycles. The first-order valence-electron chi connectivity index (χ1n) is 5.90. The Hall–Kier alpha value is -1.65. The number of nitrogens with zero attached hydrogens (tertiary/aromatic N) is 1. The van der Waals surface area contributed by atoms with Gasteiger partial charge in [0, 0.05) is 17.3 Å². The Kier molecular flexibility index (Phi) is 4.93. The summed E-state index contributed by atoms with van der Waals surface area (Å²) in [7, 11) is 3.17. The summed E-state index contributed by atoms with van der Waals surface area (Å²) in [5.41, 5.74) is 1.51. The molecule has 0 amide bonds. The largest absolute Gasteiger partial charge is 0.493 e. The second-order valence-corrected chi connectivity index (χ2v) is 4.81. The van der Waals surface area contributed by atoms with E-state index < -0.39 is 0 Å². The Morgan fingerprint density at radius 3 is 2.60 bits per heavy atom. The van der Waals surface area contributed by atoms with E-state index >= 15 is 0 Å². The summed E-state index contributed by atoms with van der Waals surface area (Å²) >= 11 is 12.0. The van der Waals surface area contributed by atoms with Crippen molar-refractivity contribution in [3.63, 3.8) is 0 Å². The minimum atomic E-state index is 0.460. The Morgan fingerprint density at radius 2 is 1.95 bits per heavy atom. The summed E-state index contributed by atoms with van der Waals surface area (Å²) in [6, 6.07) is 7.02.